The SMILES string of the molecule is O=C(O)c1cc2cc([C@@H]3CCN(CC(F)(F)F)C3)ccc2[nH]1. The van der Waals surface area contributed by atoms with Gasteiger partial charge in [-0.05, 0) is 42.6 Å². The molecule has 0 saturated carbocycles. The molecule has 1 fully saturated rings. The van der Waals surface area contributed by atoms with Crippen molar-refractivity contribution in [2.45, 2.75) is 18.5 Å². The summed E-state index contributed by atoms with van der Waals surface area (Å²) in [6.07, 6.45) is -3.49. The second-order valence-corrected chi connectivity index (χ2v) is 5.67. The number of aromatic carboxylic acids is 1. The molecule has 0 radical (unpaired) electrons. The molecular formula is C15H15F3N2O2. The van der Waals surface area contributed by atoms with E-state index in [0.29, 0.717) is 25.0 Å². The molecule has 1 saturated heterocycles. The Balaban J connectivity index is 1.78. The molecule has 1 aliphatic rings. The molecule has 22 heavy (non-hydrogen) atoms. The van der Waals surface area contributed by atoms with E-state index in [1.165, 1.54) is 4.90 Å². The van der Waals surface area contributed by atoms with Gasteiger partial charge in [-0.25, -0.2) is 4.79 Å². The molecule has 0 aliphatic carbocycles. The Bertz CT molecular complexity index is 708. The van der Waals surface area contributed by atoms with Crippen LogP contribution in [-0.4, -0.2) is 46.8 Å². The maximum atomic E-state index is 12.4. The summed E-state index contributed by atoms with van der Waals surface area (Å²) in [5, 5.41) is 9.73. The molecule has 2 heterocycles. The third-order valence-corrected chi connectivity index (χ3v) is 4.02. The third kappa shape index (κ3) is 3.09. The van der Waals surface area contributed by atoms with Crippen LogP contribution in [0.15, 0.2) is 24.3 Å². The van der Waals surface area contributed by atoms with E-state index >= 15 is 0 Å². The van der Waals surface area contributed by atoms with Crippen molar-refractivity contribution in [1.82, 2.24) is 9.88 Å². The molecule has 0 bridgehead atoms. The molecule has 2 aromatic rings. The van der Waals surface area contributed by atoms with Gasteiger partial charge in [-0.1, -0.05) is 6.07 Å². The van der Waals surface area contributed by atoms with Crippen LogP contribution in [0.5, 0.6) is 0 Å². The number of hydrogen-bond donors (Lipinski definition) is 2. The lowest BCUT2D eigenvalue weighted by Crippen LogP contribution is -2.32. The zero-order valence-electron chi connectivity index (χ0n) is 11.7. The van der Waals surface area contributed by atoms with E-state index in [4.69, 9.17) is 5.11 Å². The van der Waals surface area contributed by atoms with Crippen LogP contribution in [0.4, 0.5) is 13.2 Å². The second-order valence-electron chi connectivity index (χ2n) is 5.67. The van der Waals surface area contributed by atoms with Crippen LogP contribution in [0.3, 0.4) is 0 Å². The number of carboxylic acid groups (broad SMARTS) is 1. The van der Waals surface area contributed by atoms with Crippen LogP contribution in [0.25, 0.3) is 10.9 Å². The smallest absolute Gasteiger partial charge is 0.401 e. The summed E-state index contributed by atoms with van der Waals surface area (Å²) in [6.45, 7) is -0.0734. The monoisotopic (exact) mass is 312 g/mol. The molecule has 1 aromatic heterocycles. The molecule has 0 spiro atoms. The lowest BCUT2D eigenvalue weighted by Gasteiger charge is -2.18. The fourth-order valence-corrected chi connectivity index (χ4v) is 3.02. The van der Waals surface area contributed by atoms with Crippen LogP contribution >= 0.6 is 0 Å². The van der Waals surface area contributed by atoms with Crippen molar-refractivity contribution in [3.63, 3.8) is 0 Å². The number of nitrogens with one attached hydrogen (secondary N) is 1. The molecule has 1 aromatic carbocycles. The number of halogens is 3. The standard InChI is InChI=1S/C15H15F3N2O2/c16-15(17,18)8-20-4-3-10(7-20)9-1-2-12-11(5-9)6-13(19-12)14(21)22/h1-2,5-6,10,19H,3-4,7-8H2,(H,21,22)/t10-/m1/s1. The first-order chi connectivity index (χ1) is 10.3. The Morgan fingerprint density at radius 3 is 2.82 bits per heavy atom. The number of H-pyrrole nitrogens is 1. The lowest BCUT2D eigenvalue weighted by molar-refractivity contribution is -0.143. The Morgan fingerprint density at radius 2 is 2.14 bits per heavy atom. The number of nitrogens with zero attached hydrogens (tertiary/aromatic N) is 1. The minimum absolute atomic E-state index is 0.0509. The fourth-order valence-electron chi connectivity index (χ4n) is 3.02. The second kappa shape index (κ2) is 5.31. The summed E-state index contributed by atoms with van der Waals surface area (Å²) >= 11 is 0. The van der Waals surface area contributed by atoms with Gasteiger partial charge in [0.05, 0.1) is 6.54 Å². The van der Waals surface area contributed by atoms with Gasteiger partial charge >= 0.3 is 12.1 Å². The van der Waals surface area contributed by atoms with Gasteiger partial charge in [0.15, 0.2) is 0 Å². The van der Waals surface area contributed by atoms with Gasteiger partial charge in [0.25, 0.3) is 0 Å². The molecule has 0 amide bonds. The number of hydrogen-bond acceptors (Lipinski definition) is 2. The van der Waals surface area contributed by atoms with Crippen molar-refractivity contribution in [2.75, 3.05) is 19.6 Å². The highest BCUT2D eigenvalue weighted by Gasteiger charge is 2.34. The number of fused-ring (bicyclic) bond motifs is 1. The largest absolute Gasteiger partial charge is 0.477 e. The Labute approximate surface area is 124 Å². The average molecular weight is 312 g/mol. The van der Waals surface area contributed by atoms with Crippen molar-refractivity contribution in [2.24, 2.45) is 0 Å². The first-order valence-corrected chi connectivity index (χ1v) is 6.97. The topological polar surface area (TPSA) is 56.3 Å². The summed E-state index contributed by atoms with van der Waals surface area (Å²) in [7, 11) is 0. The van der Waals surface area contributed by atoms with E-state index in [2.05, 4.69) is 4.98 Å². The molecule has 7 heteroatoms. The minimum atomic E-state index is -4.17. The highest BCUT2D eigenvalue weighted by atomic mass is 19.4. The number of aromatic nitrogens is 1. The highest BCUT2D eigenvalue weighted by molar-refractivity contribution is 5.93. The maximum Gasteiger partial charge on any atom is 0.401 e. The number of aromatic amines is 1. The van der Waals surface area contributed by atoms with Crippen LogP contribution < -0.4 is 0 Å². The van der Waals surface area contributed by atoms with Gasteiger partial charge in [0, 0.05) is 17.4 Å². The Kier molecular flexibility index (Phi) is 3.60. The van der Waals surface area contributed by atoms with Crippen LogP contribution in [0.1, 0.15) is 28.4 Å². The molecular weight excluding hydrogens is 297 g/mol. The summed E-state index contributed by atoms with van der Waals surface area (Å²) < 4.78 is 37.3. The molecule has 2 N–H and O–H groups in total. The zero-order chi connectivity index (χ0) is 15.9. The van der Waals surface area contributed by atoms with E-state index in [0.717, 1.165) is 10.9 Å². The predicted octanol–water partition coefficient (Wildman–Crippen LogP) is 3.22. The minimum Gasteiger partial charge on any atom is -0.477 e. The van der Waals surface area contributed by atoms with Crippen molar-refractivity contribution in [3.05, 3.63) is 35.5 Å². The Hall–Kier alpha value is -2.02. The quantitative estimate of drug-likeness (QED) is 0.915. The normalized spacial score (nSPS) is 19.9. The first kappa shape index (κ1) is 14.9. The number of rotatable bonds is 3. The van der Waals surface area contributed by atoms with Gasteiger partial charge < -0.3 is 10.1 Å². The summed E-state index contributed by atoms with van der Waals surface area (Å²) in [4.78, 5) is 15.1. The van der Waals surface area contributed by atoms with E-state index in [1.807, 2.05) is 12.1 Å². The number of alkyl halides is 3. The number of carbonyl (C=O) groups is 1. The van der Waals surface area contributed by atoms with Gasteiger partial charge in [-0.15, -0.1) is 0 Å². The van der Waals surface area contributed by atoms with Crippen LogP contribution in [0, 0.1) is 0 Å². The van der Waals surface area contributed by atoms with Gasteiger partial charge in [-0.2, -0.15) is 13.2 Å². The van der Waals surface area contributed by atoms with Crippen molar-refractivity contribution in [3.8, 4) is 0 Å². The van der Waals surface area contributed by atoms with Crippen molar-refractivity contribution < 1.29 is 23.1 Å². The van der Waals surface area contributed by atoms with Gasteiger partial charge in [-0.3, -0.25) is 4.90 Å². The Morgan fingerprint density at radius 1 is 1.36 bits per heavy atom. The lowest BCUT2D eigenvalue weighted by atomic mass is 9.97. The highest BCUT2D eigenvalue weighted by Crippen LogP contribution is 2.31. The summed E-state index contributed by atoms with van der Waals surface area (Å²) in [6, 6.07) is 7.04. The molecule has 0 unspecified atom stereocenters. The third-order valence-electron chi connectivity index (χ3n) is 4.02. The number of likely N-dealkylation sites (tertiary alicyclic amines) is 1. The number of benzene rings is 1. The summed E-state index contributed by atoms with van der Waals surface area (Å²) in [5.74, 6) is -0.982. The zero-order valence-corrected chi connectivity index (χ0v) is 11.7. The van der Waals surface area contributed by atoms with Gasteiger partial charge in [0.1, 0.15) is 5.69 Å². The molecule has 3 rings (SSSR count). The van der Waals surface area contributed by atoms with Crippen molar-refractivity contribution in [1.29, 1.82) is 0 Å². The molecule has 4 nitrogen and oxygen atoms in total. The molecule has 118 valence electrons. The van der Waals surface area contributed by atoms with Crippen LogP contribution in [-0.2, 0) is 0 Å². The van der Waals surface area contributed by atoms with E-state index in [9.17, 15) is 18.0 Å². The average Bonchev–Trinajstić information content (AvgIpc) is 3.01. The molecule has 1 atom stereocenters. The fraction of sp³-hybridized carbons (Fsp3) is 0.400. The number of carboxylic acids is 1. The first-order valence-electron chi connectivity index (χ1n) is 6.97. The maximum absolute atomic E-state index is 12.4. The van der Waals surface area contributed by atoms with E-state index in [-0.39, 0.29) is 11.6 Å². The van der Waals surface area contributed by atoms with Crippen LogP contribution in [0.2, 0.25) is 0 Å². The van der Waals surface area contributed by atoms with E-state index < -0.39 is 18.7 Å². The molecule has 1 aliphatic heterocycles. The predicted molar refractivity (Wildman–Crippen MR) is 75.1 cm³/mol. The van der Waals surface area contributed by atoms with E-state index in [1.54, 1.807) is 12.1 Å². The van der Waals surface area contributed by atoms with Crippen molar-refractivity contribution >= 4 is 16.9 Å². The summed E-state index contributed by atoms with van der Waals surface area (Å²) in [5.41, 5.74) is 1.77. The van der Waals surface area contributed by atoms with Gasteiger partial charge in [0.2, 0.25) is 0 Å².